The summed E-state index contributed by atoms with van der Waals surface area (Å²) >= 11 is 0. The minimum Gasteiger partial charge on any atom is -0.398 e. The first-order valence-corrected chi connectivity index (χ1v) is 6.40. The van der Waals surface area contributed by atoms with E-state index in [0.29, 0.717) is 6.54 Å². The zero-order valence-electron chi connectivity index (χ0n) is 9.27. The van der Waals surface area contributed by atoms with Gasteiger partial charge in [-0.2, -0.15) is 0 Å². The van der Waals surface area contributed by atoms with Gasteiger partial charge in [-0.25, -0.2) is 12.8 Å². The number of nitrogen functional groups attached to an aromatic ring is 1. The predicted octanol–water partition coefficient (Wildman–Crippen LogP) is 0.743. The number of rotatable bonds is 4. The standard InChI is InChI=1S/C10H15FN2O2S/c1-13(2)5-6-16(14,15)10-7-8(11)3-4-9(10)12/h3-4,7H,5-6,12H2,1-2H3. The fraction of sp³-hybridized carbons (Fsp3) is 0.400. The van der Waals surface area contributed by atoms with Crippen molar-refractivity contribution in [3.8, 4) is 0 Å². The van der Waals surface area contributed by atoms with Gasteiger partial charge in [0.2, 0.25) is 0 Å². The van der Waals surface area contributed by atoms with Crippen LogP contribution in [-0.2, 0) is 9.84 Å². The molecule has 0 bridgehead atoms. The van der Waals surface area contributed by atoms with Crippen LogP contribution in [0.25, 0.3) is 0 Å². The van der Waals surface area contributed by atoms with Crippen LogP contribution in [0, 0.1) is 5.82 Å². The fourth-order valence-electron chi connectivity index (χ4n) is 1.19. The molecule has 0 heterocycles. The molecule has 1 rings (SSSR count). The summed E-state index contributed by atoms with van der Waals surface area (Å²) in [6, 6.07) is 3.36. The van der Waals surface area contributed by atoms with E-state index in [-0.39, 0.29) is 16.3 Å². The van der Waals surface area contributed by atoms with Crippen molar-refractivity contribution in [2.24, 2.45) is 0 Å². The molecule has 0 radical (unpaired) electrons. The fourth-order valence-corrected chi connectivity index (χ4v) is 2.73. The third-order valence-electron chi connectivity index (χ3n) is 2.12. The van der Waals surface area contributed by atoms with Gasteiger partial charge in [-0.1, -0.05) is 0 Å². The van der Waals surface area contributed by atoms with E-state index in [1.165, 1.54) is 6.07 Å². The Morgan fingerprint density at radius 3 is 2.56 bits per heavy atom. The number of hydrogen-bond acceptors (Lipinski definition) is 4. The lowest BCUT2D eigenvalue weighted by molar-refractivity contribution is 0.432. The Hall–Kier alpha value is -1.14. The van der Waals surface area contributed by atoms with Crippen LogP contribution in [0.5, 0.6) is 0 Å². The van der Waals surface area contributed by atoms with Crippen LogP contribution in [-0.4, -0.2) is 39.7 Å². The Balaban J connectivity index is 3.02. The number of halogens is 1. The van der Waals surface area contributed by atoms with Crippen LogP contribution >= 0.6 is 0 Å². The SMILES string of the molecule is CN(C)CCS(=O)(=O)c1cc(F)ccc1N. The molecule has 16 heavy (non-hydrogen) atoms. The molecule has 0 amide bonds. The minimum atomic E-state index is -3.52. The predicted molar refractivity (Wildman–Crippen MR) is 61.4 cm³/mol. The number of hydrogen-bond donors (Lipinski definition) is 1. The number of sulfone groups is 1. The second-order valence-electron chi connectivity index (χ2n) is 3.80. The molecule has 0 spiro atoms. The average molecular weight is 246 g/mol. The second kappa shape index (κ2) is 4.80. The normalized spacial score (nSPS) is 12.0. The molecule has 0 aromatic heterocycles. The molecule has 1 aromatic carbocycles. The number of benzene rings is 1. The maximum Gasteiger partial charge on any atom is 0.181 e. The zero-order valence-corrected chi connectivity index (χ0v) is 10.1. The summed E-state index contributed by atoms with van der Waals surface area (Å²) in [5, 5.41) is 0. The van der Waals surface area contributed by atoms with E-state index in [2.05, 4.69) is 0 Å². The first-order chi connectivity index (χ1) is 7.33. The smallest absolute Gasteiger partial charge is 0.181 e. The van der Waals surface area contributed by atoms with Gasteiger partial charge in [-0.15, -0.1) is 0 Å². The Kier molecular flexibility index (Phi) is 3.88. The lowest BCUT2D eigenvalue weighted by Gasteiger charge is -2.11. The summed E-state index contributed by atoms with van der Waals surface area (Å²) in [7, 11) is 0.0214. The van der Waals surface area contributed by atoms with Gasteiger partial charge in [0.15, 0.2) is 9.84 Å². The van der Waals surface area contributed by atoms with Crippen molar-refractivity contribution >= 4 is 15.5 Å². The first kappa shape index (κ1) is 12.9. The molecule has 90 valence electrons. The van der Waals surface area contributed by atoms with Gasteiger partial charge in [-0.05, 0) is 32.3 Å². The maximum absolute atomic E-state index is 12.9. The van der Waals surface area contributed by atoms with Gasteiger partial charge < -0.3 is 10.6 Å². The highest BCUT2D eigenvalue weighted by Crippen LogP contribution is 2.20. The maximum atomic E-state index is 12.9. The first-order valence-electron chi connectivity index (χ1n) is 4.75. The van der Waals surface area contributed by atoms with E-state index < -0.39 is 15.7 Å². The van der Waals surface area contributed by atoms with E-state index in [1.807, 2.05) is 0 Å². The van der Waals surface area contributed by atoms with Crippen molar-refractivity contribution in [1.29, 1.82) is 0 Å². The van der Waals surface area contributed by atoms with E-state index >= 15 is 0 Å². The summed E-state index contributed by atoms with van der Waals surface area (Å²) in [5.74, 6) is -0.675. The topological polar surface area (TPSA) is 63.4 Å². The molecule has 0 aliphatic rings. The van der Waals surface area contributed by atoms with E-state index in [9.17, 15) is 12.8 Å². The van der Waals surface area contributed by atoms with Crippen LogP contribution < -0.4 is 5.73 Å². The zero-order chi connectivity index (χ0) is 12.3. The number of anilines is 1. The van der Waals surface area contributed by atoms with Gasteiger partial charge in [0, 0.05) is 6.54 Å². The van der Waals surface area contributed by atoms with Gasteiger partial charge in [0.05, 0.1) is 16.3 Å². The Morgan fingerprint density at radius 2 is 2.00 bits per heavy atom. The van der Waals surface area contributed by atoms with E-state index in [0.717, 1.165) is 12.1 Å². The summed E-state index contributed by atoms with van der Waals surface area (Å²) in [6.07, 6.45) is 0. The van der Waals surface area contributed by atoms with Crippen molar-refractivity contribution in [2.75, 3.05) is 32.1 Å². The van der Waals surface area contributed by atoms with E-state index in [4.69, 9.17) is 5.73 Å². The minimum absolute atomic E-state index is 0.0757. The van der Waals surface area contributed by atoms with Crippen molar-refractivity contribution in [3.63, 3.8) is 0 Å². The molecule has 1 aromatic rings. The van der Waals surface area contributed by atoms with Crippen LogP contribution in [0.4, 0.5) is 10.1 Å². The number of nitrogens with two attached hydrogens (primary N) is 1. The molecule has 0 saturated heterocycles. The molecule has 0 aliphatic carbocycles. The third kappa shape index (κ3) is 3.18. The summed E-state index contributed by atoms with van der Waals surface area (Å²) in [6.45, 7) is 0.373. The van der Waals surface area contributed by atoms with Gasteiger partial charge in [0.25, 0.3) is 0 Å². The molecular formula is C10H15FN2O2S. The molecule has 0 saturated carbocycles. The molecule has 2 N–H and O–H groups in total. The molecule has 0 atom stereocenters. The molecule has 0 fully saturated rings. The summed E-state index contributed by atoms with van der Waals surface area (Å²) in [5.41, 5.74) is 5.61. The van der Waals surface area contributed by atoms with Gasteiger partial charge in [0.1, 0.15) is 5.82 Å². The highest BCUT2D eigenvalue weighted by Gasteiger charge is 2.18. The van der Waals surface area contributed by atoms with Crippen molar-refractivity contribution in [1.82, 2.24) is 4.90 Å². The lowest BCUT2D eigenvalue weighted by Crippen LogP contribution is -2.22. The van der Waals surface area contributed by atoms with Gasteiger partial charge >= 0.3 is 0 Å². The Labute approximate surface area is 94.8 Å². The molecular weight excluding hydrogens is 231 g/mol. The monoisotopic (exact) mass is 246 g/mol. The van der Waals surface area contributed by atoms with Crippen LogP contribution in [0.15, 0.2) is 23.1 Å². The largest absolute Gasteiger partial charge is 0.398 e. The third-order valence-corrected chi connectivity index (χ3v) is 3.86. The highest BCUT2D eigenvalue weighted by atomic mass is 32.2. The Bertz CT molecular complexity index is 472. The molecule has 4 nitrogen and oxygen atoms in total. The van der Waals surface area contributed by atoms with Gasteiger partial charge in [-0.3, -0.25) is 0 Å². The summed E-state index contributed by atoms with van der Waals surface area (Å²) in [4.78, 5) is 1.61. The van der Waals surface area contributed by atoms with Crippen molar-refractivity contribution < 1.29 is 12.8 Å². The van der Waals surface area contributed by atoms with Crippen LogP contribution in [0.2, 0.25) is 0 Å². The molecule has 6 heteroatoms. The van der Waals surface area contributed by atoms with Crippen molar-refractivity contribution in [3.05, 3.63) is 24.0 Å². The molecule has 0 aliphatic heterocycles. The van der Waals surface area contributed by atoms with Crippen LogP contribution in [0.3, 0.4) is 0 Å². The average Bonchev–Trinajstić information content (AvgIpc) is 2.19. The lowest BCUT2D eigenvalue weighted by atomic mass is 10.3. The van der Waals surface area contributed by atoms with E-state index in [1.54, 1.807) is 19.0 Å². The Morgan fingerprint density at radius 1 is 1.38 bits per heavy atom. The van der Waals surface area contributed by atoms with Crippen LogP contribution in [0.1, 0.15) is 0 Å². The molecule has 0 unspecified atom stereocenters. The summed E-state index contributed by atoms with van der Waals surface area (Å²) < 4.78 is 36.6. The quantitative estimate of drug-likeness (QED) is 0.796. The van der Waals surface area contributed by atoms with Crippen molar-refractivity contribution in [2.45, 2.75) is 4.90 Å². The highest BCUT2D eigenvalue weighted by molar-refractivity contribution is 7.91. The second-order valence-corrected chi connectivity index (χ2v) is 5.88. The number of nitrogens with zero attached hydrogens (tertiary/aromatic N) is 1.